The fraction of sp³-hybridized carbons (Fsp3) is 0.286. The lowest BCUT2D eigenvalue weighted by Crippen LogP contribution is -2.08. The van der Waals surface area contributed by atoms with Crippen LogP contribution in [0.15, 0.2) is 18.2 Å². The maximum atomic E-state index is 11.6. The zero-order valence-corrected chi connectivity index (χ0v) is 11.5. The van der Waals surface area contributed by atoms with Gasteiger partial charge in [-0.3, -0.25) is 4.57 Å². The number of aryl methyl sites for hydroxylation is 3. The predicted molar refractivity (Wildman–Crippen MR) is 73.5 cm³/mol. The molecule has 0 bridgehead atoms. The Morgan fingerprint density at radius 2 is 1.95 bits per heavy atom. The monoisotopic (exact) mass is 259 g/mol. The van der Waals surface area contributed by atoms with Gasteiger partial charge in [0.2, 0.25) is 0 Å². The second-order valence-corrected chi connectivity index (χ2v) is 4.49. The van der Waals surface area contributed by atoms with Gasteiger partial charge < -0.3 is 10.5 Å². The fourth-order valence-corrected chi connectivity index (χ4v) is 1.99. The Morgan fingerprint density at radius 1 is 1.26 bits per heavy atom. The molecule has 5 heteroatoms. The number of nitrogen functional groups attached to an aromatic ring is 1. The van der Waals surface area contributed by atoms with Crippen molar-refractivity contribution in [1.82, 2.24) is 9.55 Å². The van der Waals surface area contributed by atoms with Crippen molar-refractivity contribution in [2.24, 2.45) is 0 Å². The minimum absolute atomic E-state index is 0.151. The van der Waals surface area contributed by atoms with Crippen molar-refractivity contribution < 1.29 is 9.53 Å². The molecule has 1 aromatic heterocycles. The van der Waals surface area contributed by atoms with Gasteiger partial charge in [-0.2, -0.15) is 0 Å². The zero-order chi connectivity index (χ0) is 14.2. The van der Waals surface area contributed by atoms with Gasteiger partial charge in [0.05, 0.1) is 7.11 Å². The molecule has 0 spiro atoms. The summed E-state index contributed by atoms with van der Waals surface area (Å²) in [7, 11) is 1.31. The number of methoxy groups -OCH3 is 1. The number of carbonyl (C=O) groups is 1. The van der Waals surface area contributed by atoms with Crippen LogP contribution in [-0.2, 0) is 4.74 Å². The Kier molecular flexibility index (Phi) is 3.29. The number of benzene rings is 1. The van der Waals surface area contributed by atoms with Crippen LogP contribution in [0.25, 0.3) is 5.69 Å². The highest BCUT2D eigenvalue weighted by Gasteiger charge is 2.20. The molecule has 2 rings (SSSR count). The zero-order valence-electron chi connectivity index (χ0n) is 11.5. The maximum absolute atomic E-state index is 11.6. The maximum Gasteiger partial charge on any atom is 0.360 e. The number of imidazole rings is 1. The van der Waals surface area contributed by atoms with Gasteiger partial charge in [-0.25, -0.2) is 9.78 Å². The van der Waals surface area contributed by atoms with Crippen LogP contribution < -0.4 is 5.73 Å². The van der Waals surface area contributed by atoms with Gasteiger partial charge in [-0.15, -0.1) is 0 Å². The molecule has 100 valence electrons. The van der Waals surface area contributed by atoms with E-state index in [1.54, 1.807) is 11.5 Å². The summed E-state index contributed by atoms with van der Waals surface area (Å²) in [4.78, 5) is 15.7. The molecular formula is C14H17N3O2. The largest absolute Gasteiger partial charge is 0.464 e. The second kappa shape index (κ2) is 4.76. The lowest BCUT2D eigenvalue weighted by Gasteiger charge is -2.10. The average Bonchev–Trinajstić information content (AvgIpc) is 2.68. The van der Waals surface area contributed by atoms with E-state index in [-0.39, 0.29) is 5.69 Å². The normalized spacial score (nSPS) is 10.5. The Balaban J connectivity index is 2.59. The van der Waals surface area contributed by atoms with Crippen molar-refractivity contribution >= 4 is 11.8 Å². The smallest absolute Gasteiger partial charge is 0.360 e. The molecule has 0 aliphatic heterocycles. The van der Waals surface area contributed by atoms with Crippen LogP contribution in [0.2, 0.25) is 0 Å². The number of rotatable bonds is 2. The first kappa shape index (κ1) is 13.1. The molecule has 0 amide bonds. The highest BCUT2D eigenvalue weighted by atomic mass is 16.5. The summed E-state index contributed by atoms with van der Waals surface area (Å²) >= 11 is 0. The van der Waals surface area contributed by atoms with Gasteiger partial charge in [0.1, 0.15) is 11.6 Å². The molecule has 0 atom stereocenters. The predicted octanol–water partition coefficient (Wildman–Crippen LogP) is 2.17. The van der Waals surface area contributed by atoms with Gasteiger partial charge in [-0.1, -0.05) is 6.07 Å². The van der Waals surface area contributed by atoms with Gasteiger partial charge in [0.25, 0.3) is 0 Å². The van der Waals surface area contributed by atoms with Crippen molar-refractivity contribution in [1.29, 1.82) is 0 Å². The Labute approximate surface area is 112 Å². The number of esters is 1. The quantitative estimate of drug-likeness (QED) is 0.839. The van der Waals surface area contributed by atoms with E-state index in [4.69, 9.17) is 5.73 Å². The molecule has 0 saturated carbocycles. The fourth-order valence-electron chi connectivity index (χ4n) is 1.99. The summed E-state index contributed by atoms with van der Waals surface area (Å²) in [5.41, 5.74) is 9.40. The van der Waals surface area contributed by atoms with E-state index in [1.165, 1.54) is 12.7 Å². The standard InChI is InChI=1S/C14H17N3O2/c1-8-5-6-11(7-9(8)2)17-10(3)16-12(13(17)15)14(18)19-4/h5-7H,15H2,1-4H3. The van der Waals surface area contributed by atoms with Crippen LogP contribution in [0, 0.1) is 20.8 Å². The number of anilines is 1. The summed E-state index contributed by atoms with van der Waals surface area (Å²) in [5, 5.41) is 0. The molecule has 0 unspecified atom stereocenters. The molecule has 19 heavy (non-hydrogen) atoms. The number of hydrogen-bond acceptors (Lipinski definition) is 4. The number of ether oxygens (including phenoxy) is 1. The number of aromatic nitrogens is 2. The van der Waals surface area contributed by atoms with Crippen LogP contribution in [-0.4, -0.2) is 22.6 Å². The van der Waals surface area contributed by atoms with Gasteiger partial charge in [-0.05, 0) is 44.0 Å². The molecule has 5 nitrogen and oxygen atoms in total. The van der Waals surface area contributed by atoms with E-state index in [2.05, 4.69) is 9.72 Å². The van der Waals surface area contributed by atoms with Crippen molar-refractivity contribution in [3.8, 4) is 5.69 Å². The first-order valence-electron chi connectivity index (χ1n) is 5.96. The Morgan fingerprint density at radius 3 is 2.53 bits per heavy atom. The molecule has 2 N–H and O–H groups in total. The summed E-state index contributed by atoms with van der Waals surface area (Å²) in [6, 6.07) is 5.98. The van der Waals surface area contributed by atoms with E-state index in [0.717, 1.165) is 11.3 Å². The first-order valence-corrected chi connectivity index (χ1v) is 5.96. The van der Waals surface area contributed by atoms with E-state index < -0.39 is 5.97 Å². The summed E-state index contributed by atoms with van der Waals surface area (Å²) < 4.78 is 6.42. The molecule has 1 aromatic carbocycles. The van der Waals surface area contributed by atoms with Crippen LogP contribution >= 0.6 is 0 Å². The van der Waals surface area contributed by atoms with E-state index in [0.29, 0.717) is 11.6 Å². The molecule has 0 saturated heterocycles. The van der Waals surface area contributed by atoms with Crippen molar-refractivity contribution in [2.75, 3.05) is 12.8 Å². The Bertz CT molecular complexity index is 644. The van der Waals surface area contributed by atoms with Crippen LogP contribution in [0.3, 0.4) is 0 Å². The molecule has 1 heterocycles. The van der Waals surface area contributed by atoms with Gasteiger partial charge >= 0.3 is 5.97 Å². The SMILES string of the molecule is COC(=O)c1nc(C)n(-c2ccc(C)c(C)c2)c1N. The minimum atomic E-state index is -0.525. The lowest BCUT2D eigenvalue weighted by molar-refractivity contribution is 0.0596. The van der Waals surface area contributed by atoms with Crippen molar-refractivity contribution in [3.05, 3.63) is 40.8 Å². The highest BCUT2D eigenvalue weighted by Crippen LogP contribution is 2.22. The summed E-state index contributed by atoms with van der Waals surface area (Å²) in [5.74, 6) is 0.428. The molecule has 2 aromatic rings. The molecule has 0 aliphatic rings. The molecular weight excluding hydrogens is 242 g/mol. The number of carbonyl (C=O) groups excluding carboxylic acids is 1. The van der Waals surface area contributed by atoms with Crippen LogP contribution in [0.1, 0.15) is 27.4 Å². The number of nitrogens with two attached hydrogens (primary N) is 1. The number of hydrogen-bond donors (Lipinski definition) is 1. The molecule has 0 aliphatic carbocycles. The Hall–Kier alpha value is -2.30. The van der Waals surface area contributed by atoms with Crippen molar-refractivity contribution in [3.63, 3.8) is 0 Å². The molecule has 0 fully saturated rings. The average molecular weight is 259 g/mol. The first-order chi connectivity index (χ1) is 8.95. The van der Waals surface area contributed by atoms with Gasteiger partial charge in [0, 0.05) is 5.69 Å². The van der Waals surface area contributed by atoms with Crippen LogP contribution in [0.5, 0.6) is 0 Å². The third-order valence-corrected chi connectivity index (χ3v) is 3.21. The minimum Gasteiger partial charge on any atom is -0.464 e. The van der Waals surface area contributed by atoms with E-state index in [1.807, 2.05) is 32.0 Å². The summed E-state index contributed by atoms with van der Waals surface area (Å²) in [6.45, 7) is 5.88. The van der Waals surface area contributed by atoms with E-state index >= 15 is 0 Å². The number of nitrogens with zero attached hydrogens (tertiary/aromatic N) is 2. The second-order valence-electron chi connectivity index (χ2n) is 4.49. The summed E-state index contributed by atoms with van der Waals surface area (Å²) in [6.07, 6.45) is 0. The topological polar surface area (TPSA) is 70.1 Å². The third kappa shape index (κ3) is 2.19. The van der Waals surface area contributed by atoms with Crippen LogP contribution in [0.4, 0.5) is 5.82 Å². The third-order valence-electron chi connectivity index (χ3n) is 3.21. The van der Waals surface area contributed by atoms with E-state index in [9.17, 15) is 4.79 Å². The lowest BCUT2D eigenvalue weighted by atomic mass is 10.1. The van der Waals surface area contributed by atoms with Crippen molar-refractivity contribution in [2.45, 2.75) is 20.8 Å². The molecule has 0 radical (unpaired) electrons. The van der Waals surface area contributed by atoms with Gasteiger partial charge in [0.15, 0.2) is 5.69 Å². The highest BCUT2D eigenvalue weighted by molar-refractivity contribution is 5.92.